The van der Waals surface area contributed by atoms with Crippen molar-refractivity contribution in [3.05, 3.63) is 48.1 Å². The van der Waals surface area contributed by atoms with Crippen LogP contribution in [0.2, 0.25) is 0 Å². The molecule has 0 radical (unpaired) electrons. The third-order valence-electron chi connectivity index (χ3n) is 3.85. The van der Waals surface area contributed by atoms with Crippen molar-refractivity contribution < 1.29 is 9.53 Å². The molecular formula is C18H18ClN5O2. The molecule has 2 heterocycles. The summed E-state index contributed by atoms with van der Waals surface area (Å²) in [5, 5.41) is 13.8. The lowest BCUT2D eigenvalue weighted by Crippen LogP contribution is -2.19. The molecule has 0 fully saturated rings. The number of fused-ring (bicyclic) bond motifs is 1. The molecule has 26 heavy (non-hydrogen) atoms. The second kappa shape index (κ2) is 8.41. The van der Waals surface area contributed by atoms with Crippen molar-refractivity contribution in [2.75, 3.05) is 7.11 Å². The van der Waals surface area contributed by atoms with Gasteiger partial charge in [0, 0.05) is 6.20 Å². The standard InChI is InChI=1S/C18H18ClN5O2/c1-11(21-3)6-5-7-14(12(2)19)24-15-10-22-9-13(8-20)16(15)17(23-24)18(25)26-4/h5-6,9-10,12,14H,1,3,7H2,2,4H3/b6-5-/t12?,14-/m1/s1. The van der Waals surface area contributed by atoms with Crippen molar-refractivity contribution >= 4 is 35.2 Å². The van der Waals surface area contributed by atoms with Crippen LogP contribution in [0.5, 0.6) is 0 Å². The zero-order valence-corrected chi connectivity index (χ0v) is 15.3. The summed E-state index contributed by atoms with van der Waals surface area (Å²) in [5.74, 6) is -0.628. The first-order chi connectivity index (χ1) is 12.4. The van der Waals surface area contributed by atoms with E-state index in [9.17, 15) is 10.1 Å². The number of hydrogen-bond donors (Lipinski definition) is 0. The Hall–Kier alpha value is -2.98. The van der Waals surface area contributed by atoms with E-state index >= 15 is 0 Å². The Balaban J connectivity index is 2.61. The maximum absolute atomic E-state index is 12.1. The summed E-state index contributed by atoms with van der Waals surface area (Å²) in [6.07, 6.45) is 7.03. The number of alkyl halides is 1. The molecule has 8 heteroatoms. The Morgan fingerprint density at radius 3 is 2.88 bits per heavy atom. The highest BCUT2D eigenvalue weighted by Crippen LogP contribution is 2.29. The monoisotopic (exact) mass is 371 g/mol. The lowest BCUT2D eigenvalue weighted by molar-refractivity contribution is 0.0594. The van der Waals surface area contributed by atoms with Crippen LogP contribution in [0.4, 0.5) is 0 Å². The molecule has 0 amide bonds. The molecule has 0 bridgehead atoms. The highest BCUT2D eigenvalue weighted by molar-refractivity contribution is 6.20. The molecule has 0 spiro atoms. The van der Waals surface area contributed by atoms with Gasteiger partial charge in [0.15, 0.2) is 5.69 Å². The molecule has 0 N–H and O–H groups in total. The number of carbonyl (C=O) groups excluding carboxylic acids is 1. The van der Waals surface area contributed by atoms with Crippen molar-refractivity contribution in [2.45, 2.75) is 24.8 Å². The predicted octanol–water partition coefficient (Wildman–Crippen LogP) is 3.42. The number of hydrogen-bond acceptors (Lipinski definition) is 6. The Morgan fingerprint density at radius 1 is 1.58 bits per heavy atom. The van der Waals surface area contributed by atoms with E-state index < -0.39 is 5.97 Å². The summed E-state index contributed by atoms with van der Waals surface area (Å²) in [7, 11) is 1.26. The van der Waals surface area contributed by atoms with Gasteiger partial charge in [-0.3, -0.25) is 14.7 Å². The largest absolute Gasteiger partial charge is 0.464 e. The molecule has 1 unspecified atom stereocenters. The molecule has 2 aromatic heterocycles. The van der Waals surface area contributed by atoms with Crippen LogP contribution in [-0.4, -0.2) is 39.9 Å². The van der Waals surface area contributed by atoms with Crippen molar-refractivity contribution in [3.8, 4) is 6.07 Å². The number of esters is 1. The minimum Gasteiger partial charge on any atom is -0.464 e. The number of rotatable bonds is 7. The molecule has 0 saturated carbocycles. The van der Waals surface area contributed by atoms with E-state index in [4.69, 9.17) is 16.3 Å². The van der Waals surface area contributed by atoms with E-state index in [1.54, 1.807) is 17.0 Å². The van der Waals surface area contributed by atoms with Gasteiger partial charge in [0.25, 0.3) is 0 Å². The molecule has 0 aromatic carbocycles. The summed E-state index contributed by atoms with van der Waals surface area (Å²) >= 11 is 6.37. The maximum Gasteiger partial charge on any atom is 0.359 e. The first-order valence-corrected chi connectivity index (χ1v) is 8.19. The molecular weight excluding hydrogens is 354 g/mol. The second-order valence-electron chi connectivity index (χ2n) is 5.51. The molecule has 7 nitrogen and oxygen atoms in total. The minimum atomic E-state index is -0.628. The van der Waals surface area contributed by atoms with Crippen molar-refractivity contribution in [2.24, 2.45) is 4.99 Å². The number of carbonyl (C=O) groups is 1. The van der Waals surface area contributed by atoms with Crippen LogP contribution >= 0.6 is 11.6 Å². The van der Waals surface area contributed by atoms with E-state index in [0.29, 0.717) is 23.0 Å². The Kier molecular flexibility index (Phi) is 6.26. The van der Waals surface area contributed by atoms with Crippen LogP contribution in [0, 0.1) is 11.3 Å². The molecule has 2 atom stereocenters. The fourth-order valence-electron chi connectivity index (χ4n) is 2.54. The summed E-state index contributed by atoms with van der Waals surface area (Å²) in [5.41, 5.74) is 1.37. The fraction of sp³-hybridized carbons (Fsp3) is 0.278. The molecule has 134 valence electrons. The number of allylic oxidation sites excluding steroid dienone is 2. The van der Waals surface area contributed by atoms with Gasteiger partial charge in [0.1, 0.15) is 6.07 Å². The number of halogens is 1. The highest BCUT2D eigenvalue weighted by atomic mass is 35.5. The average molecular weight is 372 g/mol. The quantitative estimate of drug-likeness (QED) is 0.322. The van der Waals surface area contributed by atoms with Crippen LogP contribution in [0.3, 0.4) is 0 Å². The number of aromatic nitrogens is 3. The Bertz CT molecular complexity index is 924. The highest BCUT2D eigenvalue weighted by Gasteiger charge is 2.26. The molecule has 2 aromatic rings. The van der Waals surface area contributed by atoms with Crippen molar-refractivity contribution in [1.29, 1.82) is 5.26 Å². The van der Waals surface area contributed by atoms with Crippen molar-refractivity contribution in [1.82, 2.24) is 14.8 Å². The first kappa shape index (κ1) is 19.3. The van der Waals surface area contributed by atoms with Crippen LogP contribution in [0.15, 0.2) is 41.8 Å². The van der Waals surface area contributed by atoms with Crippen LogP contribution in [0.1, 0.15) is 35.4 Å². The third kappa shape index (κ3) is 3.81. The lowest BCUT2D eigenvalue weighted by atomic mass is 10.1. The van der Waals surface area contributed by atoms with Gasteiger partial charge in [-0.1, -0.05) is 12.7 Å². The zero-order valence-electron chi connectivity index (χ0n) is 14.5. The number of aliphatic imine (C=N–C) groups is 1. The smallest absolute Gasteiger partial charge is 0.359 e. The number of nitrogens with zero attached hydrogens (tertiary/aromatic N) is 5. The number of pyridine rings is 1. The van der Waals surface area contributed by atoms with Crippen LogP contribution < -0.4 is 0 Å². The zero-order chi connectivity index (χ0) is 19.3. The molecule has 2 rings (SSSR count). The second-order valence-corrected chi connectivity index (χ2v) is 6.20. The van der Waals surface area contributed by atoms with E-state index in [2.05, 4.69) is 28.4 Å². The van der Waals surface area contributed by atoms with Gasteiger partial charge in [-0.25, -0.2) is 4.79 Å². The van der Waals surface area contributed by atoms with E-state index in [0.717, 1.165) is 0 Å². The number of ether oxygens (including phenoxy) is 1. The van der Waals surface area contributed by atoms with Crippen molar-refractivity contribution in [3.63, 3.8) is 0 Å². The maximum atomic E-state index is 12.1. The number of methoxy groups -OCH3 is 1. The van der Waals surface area contributed by atoms with Crippen LogP contribution in [0.25, 0.3) is 10.9 Å². The van der Waals surface area contributed by atoms with E-state index in [1.165, 1.54) is 13.3 Å². The molecule has 0 saturated heterocycles. The molecule has 0 aliphatic rings. The number of nitriles is 1. The van der Waals surface area contributed by atoms with E-state index in [-0.39, 0.29) is 22.7 Å². The van der Waals surface area contributed by atoms with E-state index in [1.807, 2.05) is 19.1 Å². The minimum absolute atomic E-state index is 0.0601. The van der Waals surface area contributed by atoms with Gasteiger partial charge >= 0.3 is 5.97 Å². The average Bonchev–Trinajstić information content (AvgIpc) is 3.03. The van der Waals surface area contributed by atoms with Gasteiger partial charge in [-0.2, -0.15) is 10.4 Å². The van der Waals surface area contributed by atoms with Gasteiger partial charge in [0.05, 0.1) is 46.9 Å². The summed E-state index contributed by atoms with van der Waals surface area (Å²) in [6, 6.07) is 1.75. The van der Waals surface area contributed by atoms with Gasteiger partial charge < -0.3 is 4.74 Å². The molecule has 0 aliphatic heterocycles. The SMILES string of the molecule is C=NC(=C)/C=C\C[C@H](C(C)Cl)n1nc(C(=O)OC)c2c(C#N)cncc21. The summed E-state index contributed by atoms with van der Waals surface area (Å²) < 4.78 is 6.41. The lowest BCUT2D eigenvalue weighted by Gasteiger charge is -2.19. The third-order valence-corrected chi connectivity index (χ3v) is 4.14. The molecule has 0 aliphatic carbocycles. The Morgan fingerprint density at radius 2 is 2.31 bits per heavy atom. The van der Waals surface area contributed by atoms with Gasteiger partial charge in [-0.05, 0) is 26.1 Å². The predicted molar refractivity (Wildman–Crippen MR) is 100 cm³/mol. The topological polar surface area (TPSA) is 93.2 Å². The normalized spacial score (nSPS) is 13.3. The summed E-state index contributed by atoms with van der Waals surface area (Å²) in [4.78, 5) is 19.9. The van der Waals surface area contributed by atoms with Gasteiger partial charge in [-0.15, -0.1) is 11.6 Å². The Labute approximate surface area is 156 Å². The fourth-order valence-corrected chi connectivity index (χ4v) is 2.75. The van der Waals surface area contributed by atoms with Gasteiger partial charge in [0.2, 0.25) is 0 Å². The summed E-state index contributed by atoms with van der Waals surface area (Å²) in [6.45, 7) is 8.96. The van der Waals surface area contributed by atoms with Crippen LogP contribution in [-0.2, 0) is 4.74 Å². The first-order valence-electron chi connectivity index (χ1n) is 7.75.